The van der Waals surface area contributed by atoms with Gasteiger partial charge in [-0.1, -0.05) is 11.6 Å². The van der Waals surface area contributed by atoms with Gasteiger partial charge < -0.3 is 9.84 Å². The number of methoxy groups -OCH3 is 1. The van der Waals surface area contributed by atoms with Crippen LogP contribution in [0.5, 0.6) is 0 Å². The van der Waals surface area contributed by atoms with Crippen molar-refractivity contribution in [1.29, 1.82) is 0 Å². The van der Waals surface area contributed by atoms with Crippen molar-refractivity contribution >= 4 is 11.6 Å². The lowest BCUT2D eigenvalue weighted by molar-refractivity contribution is -0.00576. The van der Waals surface area contributed by atoms with E-state index >= 15 is 0 Å². The molecule has 1 heterocycles. The number of aromatic nitrogens is 2. The third kappa shape index (κ3) is 2.08. The summed E-state index contributed by atoms with van der Waals surface area (Å²) in [5.41, 5.74) is 0.614. The first-order chi connectivity index (χ1) is 6.61. The summed E-state index contributed by atoms with van der Waals surface area (Å²) in [5, 5.41) is 14.4. The number of rotatable bonds is 4. The quantitative estimate of drug-likeness (QED) is 0.836. The van der Waals surface area contributed by atoms with Crippen LogP contribution in [-0.4, -0.2) is 28.1 Å². The van der Waals surface area contributed by atoms with Crippen molar-refractivity contribution in [2.75, 3.05) is 7.11 Å². The van der Waals surface area contributed by atoms with Crippen LogP contribution in [0.25, 0.3) is 0 Å². The minimum atomic E-state index is -0.741. The normalized spacial score (nSPS) is 15.5. The van der Waals surface area contributed by atoms with Gasteiger partial charge in [0, 0.05) is 13.7 Å². The molecule has 5 heteroatoms. The summed E-state index contributed by atoms with van der Waals surface area (Å²) in [6.45, 7) is 4.40. The smallest absolute Gasteiger partial charge is 0.123 e. The molecule has 0 saturated carbocycles. The van der Waals surface area contributed by atoms with E-state index in [1.165, 1.54) is 6.20 Å². The molecule has 0 bridgehead atoms. The van der Waals surface area contributed by atoms with Crippen molar-refractivity contribution in [3.8, 4) is 0 Å². The van der Waals surface area contributed by atoms with E-state index in [2.05, 4.69) is 5.10 Å². The van der Waals surface area contributed by atoms with Gasteiger partial charge in [-0.15, -0.1) is 0 Å². The Balaban J connectivity index is 2.97. The summed E-state index contributed by atoms with van der Waals surface area (Å²) in [6, 6.07) is 0. The molecule has 2 unspecified atom stereocenters. The fourth-order valence-corrected chi connectivity index (χ4v) is 1.52. The van der Waals surface area contributed by atoms with Gasteiger partial charge in [0.05, 0.1) is 23.0 Å². The predicted octanol–water partition coefficient (Wildman–Crippen LogP) is 1.62. The van der Waals surface area contributed by atoms with E-state index in [-0.39, 0.29) is 6.10 Å². The molecule has 0 fully saturated rings. The first kappa shape index (κ1) is 11.5. The molecule has 1 rings (SSSR count). The molecular weight excluding hydrogens is 204 g/mol. The highest BCUT2D eigenvalue weighted by molar-refractivity contribution is 6.31. The number of aryl methyl sites for hydroxylation is 1. The fraction of sp³-hybridized carbons (Fsp3) is 0.667. The average Bonchev–Trinajstić information content (AvgIpc) is 2.57. The van der Waals surface area contributed by atoms with Crippen LogP contribution in [0.2, 0.25) is 5.02 Å². The van der Waals surface area contributed by atoms with Crippen LogP contribution in [0.15, 0.2) is 6.20 Å². The van der Waals surface area contributed by atoms with E-state index in [1.807, 2.05) is 6.92 Å². The molecule has 0 radical (unpaired) electrons. The van der Waals surface area contributed by atoms with E-state index in [4.69, 9.17) is 16.3 Å². The number of nitrogens with zero attached hydrogens (tertiary/aromatic N) is 2. The van der Waals surface area contributed by atoms with Gasteiger partial charge >= 0.3 is 0 Å². The van der Waals surface area contributed by atoms with Crippen LogP contribution in [-0.2, 0) is 11.3 Å². The minimum Gasteiger partial charge on any atom is -0.384 e. The maximum Gasteiger partial charge on any atom is 0.123 e. The second-order valence-corrected chi connectivity index (χ2v) is 3.49. The van der Waals surface area contributed by atoms with Crippen molar-refractivity contribution in [2.24, 2.45) is 0 Å². The molecule has 0 aromatic carbocycles. The van der Waals surface area contributed by atoms with Crippen LogP contribution in [0, 0.1) is 0 Å². The summed E-state index contributed by atoms with van der Waals surface area (Å²) in [4.78, 5) is 0. The molecule has 0 saturated heterocycles. The highest BCUT2D eigenvalue weighted by Crippen LogP contribution is 2.25. The van der Waals surface area contributed by atoms with Gasteiger partial charge in [-0.2, -0.15) is 5.10 Å². The van der Waals surface area contributed by atoms with E-state index < -0.39 is 6.10 Å². The Morgan fingerprint density at radius 1 is 1.71 bits per heavy atom. The SMILES string of the molecule is CCn1ncc(Cl)c1C(O)C(C)OC. The molecule has 0 aliphatic carbocycles. The molecule has 0 aliphatic rings. The summed E-state index contributed by atoms with van der Waals surface area (Å²) in [5.74, 6) is 0. The lowest BCUT2D eigenvalue weighted by Gasteiger charge is -2.18. The molecular formula is C9H15ClN2O2. The largest absolute Gasteiger partial charge is 0.384 e. The second kappa shape index (κ2) is 4.77. The summed E-state index contributed by atoms with van der Waals surface area (Å²) in [7, 11) is 1.55. The molecule has 0 amide bonds. The van der Waals surface area contributed by atoms with Crippen molar-refractivity contribution < 1.29 is 9.84 Å². The van der Waals surface area contributed by atoms with Gasteiger partial charge in [-0.3, -0.25) is 4.68 Å². The zero-order valence-corrected chi connectivity index (χ0v) is 9.32. The van der Waals surface area contributed by atoms with Crippen molar-refractivity contribution in [2.45, 2.75) is 32.6 Å². The summed E-state index contributed by atoms with van der Waals surface area (Å²) >= 11 is 5.92. The summed E-state index contributed by atoms with van der Waals surface area (Å²) < 4.78 is 6.71. The molecule has 1 aromatic heterocycles. The van der Waals surface area contributed by atoms with Crippen LogP contribution >= 0.6 is 11.6 Å². The maximum absolute atomic E-state index is 9.90. The molecule has 2 atom stereocenters. The van der Waals surface area contributed by atoms with E-state index in [1.54, 1.807) is 18.7 Å². The lowest BCUT2D eigenvalue weighted by Crippen LogP contribution is -2.20. The molecule has 80 valence electrons. The Morgan fingerprint density at radius 3 is 2.86 bits per heavy atom. The Hall–Kier alpha value is -0.580. The van der Waals surface area contributed by atoms with E-state index in [0.29, 0.717) is 17.3 Å². The van der Waals surface area contributed by atoms with Gasteiger partial charge in [0.1, 0.15) is 6.10 Å². The monoisotopic (exact) mass is 218 g/mol. The Morgan fingerprint density at radius 2 is 2.36 bits per heavy atom. The predicted molar refractivity (Wildman–Crippen MR) is 54.3 cm³/mol. The third-order valence-corrected chi connectivity index (χ3v) is 2.52. The Kier molecular flexibility index (Phi) is 3.92. The first-order valence-electron chi connectivity index (χ1n) is 4.53. The number of hydrogen-bond donors (Lipinski definition) is 1. The van der Waals surface area contributed by atoms with Crippen LogP contribution in [0.1, 0.15) is 25.6 Å². The number of halogens is 1. The second-order valence-electron chi connectivity index (χ2n) is 3.08. The number of aliphatic hydroxyl groups excluding tert-OH is 1. The first-order valence-corrected chi connectivity index (χ1v) is 4.91. The highest BCUT2D eigenvalue weighted by atomic mass is 35.5. The molecule has 1 N–H and O–H groups in total. The van der Waals surface area contributed by atoms with Crippen molar-refractivity contribution in [3.63, 3.8) is 0 Å². The third-order valence-electron chi connectivity index (χ3n) is 2.23. The summed E-state index contributed by atoms with van der Waals surface area (Å²) in [6.07, 6.45) is 0.496. The molecule has 0 spiro atoms. The molecule has 4 nitrogen and oxygen atoms in total. The van der Waals surface area contributed by atoms with Gasteiger partial charge in [0.15, 0.2) is 0 Å². The van der Waals surface area contributed by atoms with E-state index in [9.17, 15) is 5.11 Å². The standard InChI is InChI=1S/C9H15ClN2O2/c1-4-12-8(7(10)5-11-12)9(13)6(2)14-3/h5-6,9,13H,4H2,1-3H3. The molecule has 14 heavy (non-hydrogen) atoms. The Bertz CT molecular complexity index is 301. The zero-order valence-electron chi connectivity index (χ0n) is 8.57. The minimum absolute atomic E-state index is 0.297. The maximum atomic E-state index is 9.90. The van der Waals surface area contributed by atoms with Gasteiger partial charge in [-0.25, -0.2) is 0 Å². The zero-order chi connectivity index (χ0) is 10.7. The van der Waals surface area contributed by atoms with Crippen molar-refractivity contribution in [3.05, 3.63) is 16.9 Å². The van der Waals surface area contributed by atoms with Crippen LogP contribution in [0.3, 0.4) is 0 Å². The van der Waals surface area contributed by atoms with E-state index in [0.717, 1.165) is 0 Å². The van der Waals surface area contributed by atoms with Crippen molar-refractivity contribution in [1.82, 2.24) is 9.78 Å². The average molecular weight is 219 g/mol. The topological polar surface area (TPSA) is 47.3 Å². The molecule has 1 aromatic rings. The number of hydrogen-bond acceptors (Lipinski definition) is 3. The lowest BCUT2D eigenvalue weighted by atomic mass is 10.1. The van der Waals surface area contributed by atoms with Gasteiger partial charge in [0.2, 0.25) is 0 Å². The van der Waals surface area contributed by atoms with Crippen LogP contribution < -0.4 is 0 Å². The van der Waals surface area contributed by atoms with Gasteiger partial charge in [0.25, 0.3) is 0 Å². The fourth-order valence-electron chi connectivity index (χ4n) is 1.27. The number of ether oxygens (including phenoxy) is 1. The number of aliphatic hydroxyl groups is 1. The Labute approximate surface area is 88.4 Å². The highest BCUT2D eigenvalue weighted by Gasteiger charge is 2.22. The van der Waals surface area contributed by atoms with Crippen LogP contribution in [0.4, 0.5) is 0 Å². The van der Waals surface area contributed by atoms with Gasteiger partial charge in [-0.05, 0) is 13.8 Å². The molecule has 0 aliphatic heterocycles.